The summed E-state index contributed by atoms with van der Waals surface area (Å²) >= 11 is 0. The monoisotopic (exact) mass is 458 g/mol. The SMILES string of the molecule is COc1ccccc1CNCC(NC(=O)CN1CCN(c2ccccc2)CC1)c1ccccc1. The van der Waals surface area contributed by atoms with Crippen molar-refractivity contribution in [1.29, 1.82) is 0 Å². The maximum atomic E-state index is 13.0. The molecule has 0 saturated carbocycles. The van der Waals surface area contributed by atoms with Crippen molar-refractivity contribution in [3.8, 4) is 5.75 Å². The smallest absolute Gasteiger partial charge is 0.234 e. The molecule has 1 saturated heterocycles. The number of hydrogen-bond acceptors (Lipinski definition) is 5. The van der Waals surface area contributed by atoms with Gasteiger partial charge in [-0.2, -0.15) is 0 Å². The topological polar surface area (TPSA) is 56.8 Å². The average Bonchev–Trinajstić information content (AvgIpc) is 2.90. The molecule has 2 N–H and O–H groups in total. The lowest BCUT2D eigenvalue weighted by molar-refractivity contribution is -0.123. The van der Waals surface area contributed by atoms with Crippen LogP contribution in [-0.4, -0.2) is 57.2 Å². The van der Waals surface area contributed by atoms with Gasteiger partial charge in [-0.15, -0.1) is 0 Å². The molecule has 0 aliphatic carbocycles. The number of nitrogens with one attached hydrogen (secondary N) is 2. The number of amides is 1. The summed E-state index contributed by atoms with van der Waals surface area (Å²) in [6.07, 6.45) is 0. The maximum Gasteiger partial charge on any atom is 0.234 e. The van der Waals surface area contributed by atoms with Crippen LogP contribution in [0.25, 0.3) is 0 Å². The van der Waals surface area contributed by atoms with E-state index < -0.39 is 0 Å². The normalized spacial score (nSPS) is 15.0. The predicted octanol–water partition coefficient (Wildman–Crippen LogP) is 3.46. The van der Waals surface area contributed by atoms with Gasteiger partial charge in [0, 0.05) is 50.5 Å². The fourth-order valence-electron chi connectivity index (χ4n) is 4.38. The van der Waals surface area contributed by atoms with Gasteiger partial charge in [0.25, 0.3) is 0 Å². The minimum absolute atomic E-state index is 0.0566. The molecule has 1 amide bonds. The molecule has 1 unspecified atom stereocenters. The Morgan fingerprint density at radius 1 is 0.882 bits per heavy atom. The van der Waals surface area contributed by atoms with Crippen LogP contribution in [0.3, 0.4) is 0 Å². The quantitative estimate of drug-likeness (QED) is 0.487. The van der Waals surface area contributed by atoms with Gasteiger partial charge in [-0.05, 0) is 23.8 Å². The fourth-order valence-corrected chi connectivity index (χ4v) is 4.38. The van der Waals surface area contributed by atoms with Crippen LogP contribution in [0.1, 0.15) is 17.2 Å². The molecule has 1 fully saturated rings. The Morgan fingerprint density at radius 3 is 2.24 bits per heavy atom. The number of ether oxygens (including phenoxy) is 1. The summed E-state index contributed by atoms with van der Waals surface area (Å²) in [7, 11) is 1.69. The largest absolute Gasteiger partial charge is 0.496 e. The first-order valence-electron chi connectivity index (χ1n) is 11.9. The van der Waals surface area contributed by atoms with Crippen LogP contribution in [0, 0.1) is 0 Å². The Bertz CT molecular complexity index is 1020. The number of para-hydroxylation sites is 2. The average molecular weight is 459 g/mol. The van der Waals surface area contributed by atoms with Crippen molar-refractivity contribution in [1.82, 2.24) is 15.5 Å². The van der Waals surface area contributed by atoms with Crippen molar-refractivity contribution in [3.05, 3.63) is 96.1 Å². The van der Waals surface area contributed by atoms with Gasteiger partial charge in [0.2, 0.25) is 5.91 Å². The van der Waals surface area contributed by atoms with E-state index >= 15 is 0 Å². The van der Waals surface area contributed by atoms with Gasteiger partial charge in [-0.1, -0.05) is 66.7 Å². The van der Waals surface area contributed by atoms with Gasteiger partial charge in [0.1, 0.15) is 5.75 Å². The zero-order chi connectivity index (χ0) is 23.6. The van der Waals surface area contributed by atoms with Crippen LogP contribution in [0.4, 0.5) is 5.69 Å². The van der Waals surface area contributed by atoms with E-state index in [2.05, 4.69) is 62.9 Å². The van der Waals surface area contributed by atoms with Gasteiger partial charge in [-0.3, -0.25) is 9.69 Å². The van der Waals surface area contributed by atoms with Gasteiger partial charge < -0.3 is 20.3 Å². The molecule has 178 valence electrons. The van der Waals surface area contributed by atoms with Crippen LogP contribution < -0.4 is 20.3 Å². The number of rotatable bonds is 10. The summed E-state index contributed by atoms with van der Waals surface area (Å²) in [5.74, 6) is 0.922. The standard InChI is InChI=1S/C28H34N4O2/c1-34-27-15-9-8-12-24(27)20-29-21-26(23-10-4-2-5-11-23)30-28(33)22-31-16-18-32(19-17-31)25-13-6-3-7-14-25/h2-15,26,29H,16-22H2,1H3,(H,30,33). The van der Waals surface area contributed by atoms with Crippen LogP contribution in [0.5, 0.6) is 5.75 Å². The van der Waals surface area contributed by atoms with Crippen molar-refractivity contribution < 1.29 is 9.53 Å². The number of methoxy groups -OCH3 is 1. The van der Waals surface area contributed by atoms with Crippen LogP contribution >= 0.6 is 0 Å². The Kier molecular flexibility index (Phi) is 8.54. The first kappa shape index (κ1) is 23.8. The second-order valence-electron chi connectivity index (χ2n) is 8.57. The molecule has 0 bridgehead atoms. The first-order valence-corrected chi connectivity index (χ1v) is 11.9. The third kappa shape index (κ3) is 6.59. The zero-order valence-electron chi connectivity index (χ0n) is 19.8. The van der Waals surface area contributed by atoms with Gasteiger partial charge in [0.15, 0.2) is 0 Å². The minimum Gasteiger partial charge on any atom is -0.496 e. The third-order valence-electron chi connectivity index (χ3n) is 6.25. The van der Waals surface area contributed by atoms with Crippen molar-refractivity contribution in [2.24, 2.45) is 0 Å². The summed E-state index contributed by atoms with van der Waals surface area (Å²) in [6, 6.07) is 28.5. The predicted molar refractivity (Wildman–Crippen MR) is 137 cm³/mol. The molecular weight excluding hydrogens is 424 g/mol. The molecule has 4 rings (SSSR count). The number of nitrogens with zero attached hydrogens (tertiary/aromatic N) is 2. The second kappa shape index (κ2) is 12.2. The molecular formula is C28H34N4O2. The highest BCUT2D eigenvalue weighted by molar-refractivity contribution is 5.78. The first-order chi connectivity index (χ1) is 16.7. The van der Waals surface area contributed by atoms with E-state index in [-0.39, 0.29) is 11.9 Å². The molecule has 3 aromatic carbocycles. The third-order valence-corrected chi connectivity index (χ3v) is 6.25. The summed E-state index contributed by atoms with van der Waals surface area (Å²) in [5, 5.41) is 6.74. The number of carbonyl (C=O) groups is 1. The molecule has 1 atom stereocenters. The van der Waals surface area contributed by atoms with E-state index in [1.807, 2.05) is 42.5 Å². The molecule has 0 radical (unpaired) electrons. The lowest BCUT2D eigenvalue weighted by Gasteiger charge is -2.36. The molecule has 6 nitrogen and oxygen atoms in total. The molecule has 1 aliphatic heterocycles. The lowest BCUT2D eigenvalue weighted by Crippen LogP contribution is -2.50. The van der Waals surface area contributed by atoms with E-state index in [1.165, 1.54) is 5.69 Å². The molecule has 1 aliphatic rings. The van der Waals surface area contributed by atoms with Crippen molar-refractivity contribution in [3.63, 3.8) is 0 Å². The van der Waals surface area contributed by atoms with E-state index in [1.54, 1.807) is 7.11 Å². The lowest BCUT2D eigenvalue weighted by atomic mass is 10.1. The fraction of sp³-hybridized carbons (Fsp3) is 0.321. The molecule has 0 aromatic heterocycles. The highest BCUT2D eigenvalue weighted by Gasteiger charge is 2.21. The van der Waals surface area contributed by atoms with Crippen molar-refractivity contribution in [2.45, 2.75) is 12.6 Å². The molecule has 34 heavy (non-hydrogen) atoms. The Hall–Kier alpha value is -3.35. The van der Waals surface area contributed by atoms with Gasteiger partial charge >= 0.3 is 0 Å². The summed E-state index contributed by atoms with van der Waals surface area (Å²) < 4.78 is 5.45. The highest BCUT2D eigenvalue weighted by atomic mass is 16.5. The van der Waals surface area contributed by atoms with E-state index in [9.17, 15) is 4.79 Å². The summed E-state index contributed by atoms with van der Waals surface area (Å²) in [4.78, 5) is 17.6. The number of piperazine rings is 1. The minimum atomic E-state index is -0.103. The Balaban J connectivity index is 1.30. The number of hydrogen-bond donors (Lipinski definition) is 2. The van der Waals surface area contributed by atoms with Gasteiger partial charge in [-0.25, -0.2) is 0 Å². The van der Waals surface area contributed by atoms with Crippen molar-refractivity contribution in [2.75, 3.05) is 51.3 Å². The second-order valence-corrected chi connectivity index (χ2v) is 8.57. The van der Waals surface area contributed by atoms with E-state index in [4.69, 9.17) is 4.74 Å². The number of anilines is 1. The molecule has 0 spiro atoms. The Morgan fingerprint density at radius 2 is 1.53 bits per heavy atom. The van der Waals surface area contributed by atoms with E-state index in [0.29, 0.717) is 19.6 Å². The number of carbonyl (C=O) groups excluding carboxylic acids is 1. The molecule has 3 aromatic rings. The highest BCUT2D eigenvalue weighted by Crippen LogP contribution is 2.18. The maximum absolute atomic E-state index is 13.0. The number of benzene rings is 3. The van der Waals surface area contributed by atoms with Crippen LogP contribution in [0.2, 0.25) is 0 Å². The Labute approximate surface area is 202 Å². The molecule has 6 heteroatoms. The van der Waals surface area contributed by atoms with Gasteiger partial charge in [0.05, 0.1) is 19.7 Å². The van der Waals surface area contributed by atoms with E-state index in [0.717, 1.165) is 43.1 Å². The van der Waals surface area contributed by atoms with Crippen LogP contribution in [0.15, 0.2) is 84.9 Å². The van der Waals surface area contributed by atoms with Crippen molar-refractivity contribution >= 4 is 11.6 Å². The molecule has 1 heterocycles. The zero-order valence-corrected chi connectivity index (χ0v) is 19.8. The summed E-state index contributed by atoms with van der Waals surface area (Å²) in [6.45, 7) is 5.34. The van der Waals surface area contributed by atoms with Crippen LogP contribution in [-0.2, 0) is 11.3 Å². The summed E-state index contributed by atoms with van der Waals surface area (Å²) in [5.41, 5.74) is 3.44.